The molecule has 9 nitrogen and oxygen atoms in total. The van der Waals surface area contributed by atoms with Crippen LogP contribution in [0.25, 0.3) is 0 Å². The highest BCUT2D eigenvalue weighted by Gasteiger charge is 2.67. The third kappa shape index (κ3) is 4.24. The number of esters is 1. The Morgan fingerprint density at radius 2 is 1.74 bits per heavy atom. The lowest BCUT2D eigenvalue weighted by atomic mass is 9.54. The van der Waals surface area contributed by atoms with Gasteiger partial charge in [0.2, 0.25) is 17.8 Å². The van der Waals surface area contributed by atoms with E-state index >= 15 is 0 Å². The summed E-state index contributed by atoms with van der Waals surface area (Å²) in [6, 6.07) is 1.82. The van der Waals surface area contributed by atoms with E-state index in [4.69, 9.17) is 4.74 Å². The Morgan fingerprint density at radius 1 is 1.06 bits per heavy atom. The minimum atomic E-state index is -0.988. The lowest BCUT2D eigenvalue weighted by Gasteiger charge is -2.52. The lowest BCUT2D eigenvalue weighted by Crippen LogP contribution is -2.57. The molecular weight excluding hydrogens is 446 g/mol. The fourth-order valence-corrected chi connectivity index (χ4v) is 6.95. The molecule has 0 aromatic carbocycles. The third-order valence-electron chi connectivity index (χ3n) is 8.25. The van der Waals surface area contributed by atoms with E-state index in [-0.39, 0.29) is 23.7 Å². The normalized spacial score (nSPS) is 32.6. The summed E-state index contributed by atoms with van der Waals surface area (Å²) in [4.78, 5) is 53.6. The smallest absolute Gasteiger partial charge is 0.303 e. The Balaban J connectivity index is 1.16. The van der Waals surface area contributed by atoms with E-state index in [2.05, 4.69) is 26.7 Å². The second-order valence-electron chi connectivity index (χ2n) is 10.6. The van der Waals surface area contributed by atoms with Gasteiger partial charge in [-0.2, -0.15) is 0 Å². The third-order valence-corrected chi connectivity index (χ3v) is 8.25. The number of unbranched alkanes of at least 4 members (excludes halogenated alkanes) is 1. The molecule has 1 aromatic rings. The zero-order valence-electron chi connectivity index (χ0n) is 20.9. The SMILES string of the molecule is CC(=O)O[C@]12C=C(C)[C@H](C(C)C1)C1C(=O)N(CCCCN3CCN(c4ncccn4)CC3)C(=O)C12. The number of imide groups is 1. The van der Waals surface area contributed by atoms with Crippen LogP contribution in [0.5, 0.6) is 0 Å². The number of hydrogen-bond acceptors (Lipinski definition) is 8. The Hall–Kier alpha value is -2.81. The standard InChI is InChI=1S/C26H35N5O4/c1-17-15-26(35-19(3)32)16-18(2)20(17)21-22(26)24(34)31(23(21)33)10-5-4-9-29-11-13-30(14-12-29)25-27-7-6-8-28-25/h6-8,15,18,20-22H,4-5,9-14,16H2,1-3H3/t18?,20-,21?,22?,26-/m1/s1. The molecule has 1 aromatic heterocycles. The first-order chi connectivity index (χ1) is 16.8. The number of piperazine rings is 1. The molecule has 0 N–H and O–H groups in total. The van der Waals surface area contributed by atoms with Crippen LogP contribution in [0.1, 0.15) is 40.0 Å². The van der Waals surface area contributed by atoms with Crippen molar-refractivity contribution in [3.63, 3.8) is 0 Å². The first kappa shape index (κ1) is 23.9. The zero-order chi connectivity index (χ0) is 24.7. The monoisotopic (exact) mass is 481 g/mol. The molecule has 9 heteroatoms. The van der Waals surface area contributed by atoms with Crippen molar-refractivity contribution in [2.45, 2.75) is 45.6 Å². The molecule has 2 bridgehead atoms. The molecule has 2 aliphatic heterocycles. The Bertz CT molecular complexity index is 1020. The summed E-state index contributed by atoms with van der Waals surface area (Å²) in [5.74, 6) is -0.644. The number of carbonyl (C=O) groups is 3. The summed E-state index contributed by atoms with van der Waals surface area (Å²) in [7, 11) is 0. The largest absolute Gasteiger partial charge is 0.454 e. The number of hydrogen-bond donors (Lipinski definition) is 0. The number of ether oxygens (including phenoxy) is 1. The predicted octanol–water partition coefficient (Wildman–Crippen LogP) is 1.90. The molecule has 3 unspecified atom stereocenters. The lowest BCUT2D eigenvalue weighted by molar-refractivity contribution is -0.173. The van der Waals surface area contributed by atoms with Crippen LogP contribution in [0, 0.1) is 23.7 Å². The zero-order valence-corrected chi connectivity index (χ0v) is 20.9. The summed E-state index contributed by atoms with van der Waals surface area (Å²) >= 11 is 0. The average molecular weight is 482 g/mol. The highest BCUT2D eigenvalue weighted by Crippen LogP contribution is 2.58. The maximum absolute atomic E-state index is 13.5. The van der Waals surface area contributed by atoms with Gasteiger partial charge in [-0.1, -0.05) is 12.5 Å². The maximum atomic E-state index is 13.5. The number of amides is 2. The molecule has 1 saturated carbocycles. The van der Waals surface area contributed by atoms with Crippen LogP contribution < -0.4 is 4.90 Å². The van der Waals surface area contributed by atoms with Gasteiger partial charge in [-0.25, -0.2) is 9.97 Å². The molecule has 2 amide bonds. The first-order valence-corrected chi connectivity index (χ1v) is 12.8. The summed E-state index contributed by atoms with van der Waals surface area (Å²) in [6.07, 6.45) is 7.77. The van der Waals surface area contributed by atoms with Gasteiger partial charge in [0.05, 0.1) is 11.8 Å². The molecular formula is C26H35N5O4. The first-order valence-electron chi connectivity index (χ1n) is 12.8. The van der Waals surface area contributed by atoms with Crippen LogP contribution in [0.4, 0.5) is 5.95 Å². The van der Waals surface area contributed by atoms with Gasteiger partial charge in [0.15, 0.2) is 0 Å². The van der Waals surface area contributed by atoms with Crippen molar-refractivity contribution in [1.29, 1.82) is 0 Å². The van der Waals surface area contributed by atoms with Crippen molar-refractivity contribution >= 4 is 23.7 Å². The second kappa shape index (κ2) is 9.33. The number of anilines is 1. The molecule has 3 fully saturated rings. The van der Waals surface area contributed by atoms with Crippen LogP contribution in [-0.2, 0) is 19.1 Å². The van der Waals surface area contributed by atoms with Gasteiger partial charge < -0.3 is 9.64 Å². The molecule has 2 saturated heterocycles. The average Bonchev–Trinajstić information content (AvgIpc) is 3.08. The molecule has 0 spiro atoms. The van der Waals surface area contributed by atoms with Gasteiger partial charge in [-0.15, -0.1) is 0 Å². The number of carbonyl (C=O) groups excluding carboxylic acids is 3. The number of nitrogens with zero attached hydrogens (tertiary/aromatic N) is 5. The fourth-order valence-electron chi connectivity index (χ4n) is 6.95. The summed E-state index contributed by atoms with van der Waals surface area (Å²) in [5.41, 5.74) is 0.0764. The Morgan fingerprint density at radius 3 is 2.40 bits per heavy atom. The van der Waals surface area contributed by atoms with Crippen LogP contribution in [0.3, 0.4) is 0 Å². The van der Waals surface area contributed by atoms with Gasteiger partial charge in [-0.3, -0.25) is 24.2 Å². The van der Waals surface area contributed by atoms with E-state index in [1.165, 1.54) is 11.8 Å². The summed E-state index contributed by atoms with van der Waals surface area (Å²) < 4.78 is 5.80. The maximum Gasteiger partial charge on any atom is 0.303 e. The number of likely N-dealkylation sites (tertiary alicyclic amines) is 1. The molecule has 0 radical (unpaired) electrons. The second-order valence-corrected chi connectivity index (χ2v) is 10.6. The molecule has 188 valence electrons. The van der Waals surface area contributed by atoms with Crippen molar-refractivity contribution in [1.82, 2.24) is 19.8 Å². The van der Waals surface area contributed by atoms with Crippen LogP contribution in [0.2, 0.25) is 0 Å². The van der Waals surface area contributed by atoms with E-state index in [1.54, 1.807) is 12.4 Å². The summed E-state index contributed by atoms with van der Waals surface area (Å²) in [5, 5.41) is 0. The Kier molecular flexibility index (Phi) is 6.38. The van der Waals surface area contributed by atoms with Crippen LogP contribution >= 0.6 is 0 Å². The van der Waals surface area contributed by atoms with Gasteiger partial charge in [0, 0.05) is 52.0 Å². The van der Waals surface area contributed by atoms with Crippen molar-refractivity contribution < 1.29 is 19.1 Å². The van der Waals surface area contributed by atoms with Crippen LogP contribution in [0.15, 0.2) is 30.1 Å². The van der Waals surface area contributed by atoms with Crippen molar-refractivity contribution in [2.24, 2.45) is 23.7 Å². The van der Waals surface area contributed by atoms with Crippen molar-refractivity contribution in [3.05, 3.63) is 30.1 Å². The minimum absolute atomic E-state index is 0.0452. The van der Waals surface area contributed by atoms with E-state index < -0.39 is 23.4 Å². The Labute approximate surface area is 206 Å². The number of allylic oxidation sites excluding steroid dienone is 1. The molecule has 5 atom stereocenters. The van der Waals surface area contributed by atoms with Gasteiger partial charge in [-0.05, 0) is 56.7 Å². The molecule has 3 aliphatic carbocycles. The van der Waals surface area contributed by atoms with E-state index in [0.29, 0.717) is 13.0 Å². The minimum Gasteiger partial charge on any atom is -0.454 e. The van der Waals surface area contributed by atoms with E-state index in [9.17, 15) is 14.4 Å². The molecule has 5 aliphatic rings. The predicted molar refractivity (Wildman–Crippen MR) is 129 cm³/mol. The van der Waals surface area contributed by atoms with E-state index in [1.807, 2.05) is 19.1 Å². The number of fused-ring (bicyclic) bond motifs is 1. The molecule has 6 rings (SSSR count). The fraction of sp³-hybridized carbons (Fsp3) is 0.654. The van der Waals surface area contributed by atoms with Gasteiger partial charge >= 0.3 is 5.97 Å². The van der Waals surface area contributed by atoms with Crippen LogP contribution in [-0.4, -0.2) is 82.4 Å². The quantitative estimate of drug-likeness (QED) is 0.252. The molecule has 35 heavy (non-hydrogen) atoms. The summed E-state index contributed by atoms with van der Waals surface area (Å²) in [6.45, 7) is 10.5. The van der Waals surface area contributed by atoms with E-state index in [0.717, 1.165) is 57.1 Å². The number of rotatable bonds is 7. The van der Waals surface area contributed by atoms with Gasteiger partial charge in [0.1, 0.15) is 5.60 Å². The topological polar surface area (TPSA) is 95.9 Å². The van der Waals surface area contributed by atoms with Gasteiger partial charge in [0.25, 0.3) is 0 Å². The van der Waals surface area contributed by atoms with Crippen molar-refractivity contribution in [2.75, 3.05) is 44.2 Å². The highest BCUT2D eigenvalue weighted by atomic mass is 16.6. The number of aromatic nitrogens is 2. The highest BCUT2D eigenvalue weighted by molar-refractivity contribution is 6.07. The molecule has 3 heterocycles. The van der Waals surface area contributed by atoms with Crippen molar-refractivity contribution in [3.8, 4) is 0 Å².